The highest BCUT2D eigenvalue weighted by molar-refractivity contribution is 5.95. The molecule has 4 nitrogen and oxygen atoms in total. The summed E-state index contributed by atoms with van der Waals surface area (Å²) in [6, 6.07) is 3.76. The number of pyridine rings is 1. The monoisotopic (exact) mass is 220 g/mol. The van der Waals surface area contributed by atoms with Crippen LogP contribution in [-0.4, -0.2) is 24.1 Å². The molecular weight excluding hydrogens is 204 g/mol. The molecule has 1 aromatic rings. The van der Waals surface area contributed by atoms with Crippen molar-refractivity contribution in [3.63, 3.8) is 0 Å². The third-order valence-corrected chi connectivity index (χ3v) is 3.07. The molecule has 0 saturated carbocycles. The van der Waals surface area contributed by atoms with Crippen LogP contribution in [0.3, 0.4) is 0 Å². The summed E-state index contributed by atoms with van der Waals surface area (Å²) in [5, 5.41) is 2.85. The molecule has 1 amide bonds. The summed E-state index contributed by atoms with van der Waals surface area (Å²) < 4.78 is 5.13. The van der Waals surface area contributed by atoms with Gasteiger partial charge in [0.1, 0.15) is 5.82 Å². The van der Waals surface area contributed by atoms with Crippen LogP contribution in [-0.2, 0) is 9.53 Å². The maximum absolute atomic E-state index is 12.0. The number of aryl methyl sites for hydroxylation is 1. The van der Waals surface area contributed by atoms with Crippen LogP contribution in [0.1, 0.15) is 18.9 Å². The van der Waals surface area contributed by atoms with Gasteiger partial charge in [-0.1, -0.05) is 6.92 Å². The van der Waals surface area contributed by atoms with Gasteiger partial charge in [0, 0.05) is 6.20 Å². The van der Waals surface area contributed by atoms with E-state index in [0.29, 0.717) is 19.0 Å². The largest absolute Gasteiger partial charge is 0.379 e. The number of amides is 1. The van der Waals surface area contributed by atoms with E-state index in [2.05, 4.69) is 10.3 Å². The second kappa shape index (κ2) is 4.22. The zero-order valence-electron chi connectivity index (χ0n) is 9.62. The van der Waals surface area contributed by atoms with Crippen molar-refractivity contribution in [3.8, 4) is 0 Å². The first-order valence-corrected chi connectivity index (χ1v) is 5.48. The lowest BCUT2D eigenvalue weighted by atomic mass is 9.82. The standard InChI is InChI=1S/C12H16N2O2/c1-3-12(7-16-8-12)11(15)14-10-6-9(2)4-5-13-10/h4-6H,3,7-8H2,1-2H3,(H,13,14,15). The van der Waals surface area contributed by atoms with Gasteiger partial charge < -0.3 is 10.1 Å². The third kappa shape index (κ3) is 1.93. The van der Waals surface area contributed by atoms with Gasteiger partial charge in [-0.2, -0.15) is 0 Å². The number of aromatic nitrogens is 1. The zero-order valence-corrected chi connectivity index (χ0v) is 9.62. The summed E-state index contributed by atoms with van der Waals surface area (Å²) in [7, 11) is 0. The first-order chi connectivity index (χ1) is 7.66. The van der Waals surface area contributed by atoms with Crippen molar-refractivity contribution in [1.29, 1.82) is 0 Å². The van der Waals surface area contributed by atoms with Gasteiger partial charge in [0.15, 0.2) is 0 Å². The van der Waals surface area contributed by atoms with Crippen LogP contribution in [0.15, 0.2) is 18.3 Å². The highest BCUT2D eigenvalue weighted by Gasteiger charge is 2.44. The highest BCUT2D eigenvalue weighted by atomic mass is 16.5. The van der Waals surface area contributed by atoms with Gasteiger partial charge in [-0.3, -0.25) is 4.79 Å². The maximum Gasteiger partial charge on any atom is 0.236 e. The molecule has 1 aromatic heterocycles. The molecule has 0 bridgehead atoms. The number of anilines is 1. The SMILES string of the molecule is CCC1(C(=O)Nc2cc(C)ccn2)COC1. The molecule has 0 spiro atoms. The van der Waals surface area contributed by atoms with E-state index in [0.717, 1.165) is 12.0 Å². The Morgan fingerprint density at radius 1 is 1.62 bits per heavy atom. The molecule has 0 atom stereocenters. The minimum atomic E-state index is -0.342. The predicted molar refractivity (Wildman–Crippen MR) is 61.1 cm³/mol. The van der Waals surface area contributed by atoms with Gasteiger partial charge in [-0.05, 0) is 31.0 Å². The number of carbonyl (C=O) groups is 1. The Balaban J connectivity index is 2.07. The predicted octanol–water partition coefficient (Wildman–Crippen LogP) is 1.76. The van der Waals surface area contributed by atoms with Crippen molar-refractivity contribution in [1.82, 2.24) is 4.98 Å². The lowest BCUT2D eigenvalue weighted by molar-refractivity contribution is -0.156. The van der Waals surface area contributed by atoms with E-state index in [-0.39, 0.29) is 11.3 Å². The Labute approximate surface area is 95.0 Å². The highest BCUT2D eigenvalue weighted by Crippen LogP contribution is 2.32. The number of carbonyl (C=O) groups excluding carboxylic acids is 1. The molecule has 2 heterocycles. The van der Waals surface area contributed by atoms with E-state index in [1.807, 2.05) is 26.0 Å². The van der Waals surface area contributed by atoms with Gasteiger partial charge >= 0.3 is 0 Å². The second-order valence-corrected chi connectivity index (χ2v) is 4.30. The fourth-order valence-electron chi connectivity index (χ4n) is 1.70. The number of rotatable bonds is 3. The minimum Gasteiger partial charge on any atom is -0.379 e. The fourth-order valence-corrected chi connectivity index (χ4v) is 1.70. The normalized spacial score (nSPS) is 17.6. The minimum absolute atomic E-state index is 0.0133. The van der Waals surface area contributed by atoms with Crippen molar-refractivity contribution in [3.05, 3.63) is 23.9 Å². The average molecular weight is 220 g/mol. The number of nitrogens with one attached hydrogen (secondary N) is 1. The summed E-state index contributed by atoms with van der Waals surface area (Å²) in [6.45, 7) is 5.01. The Bertz CT molecular complexity index is 394. The summed E-state index contributed by atoms with van der Waals surface area (Å²) >= 11 is 0. The Kier molecular flexibility index (Phi) is 2.92. The molecule has 2 rings (SSSR count). The molecule has 1 saturated heterocycles. The molecule has 1 aliphatic heterocycles. The van der Waals surface area contributed by atoms with E-state index in [1.165, 1.54) is 0 Å². The van der Waals surface area contributed by atoms with Crippen LogP contribution in [0, 0.1) is 12.3 Å². The van der Waals surface area contributed by atoms with Crippen molar-refractivity contribution in [2.24, 2.45) is 5.41 Å². The first kappa shape index (κ1) is 11.1. The topological polar surface area (TPSA) is 51.2 Å². The Hall–Kier alpha value is -1.42. The van der Waals surface area contributed by atoms with Crippen molar-refractivity contribution in [2.45, 2.75) is 20.3 Å². The lowest BCUT2D eigenvalue weighted by Crippen LogP contribution is -2.51. The maximum atomic E-state index is 12.0. The molecule has 0 aliphatic carbocycles. The third-order valence-electron chi connectivity index (χ3n) is 3.07. The molecule has 1 fully saturated rings. The molecule has 1 aliphatic rings. The van der Waals surface area contributed by atoms with Gasteiger partial charge in [-0.15, -0.1) is 0 Å². The quantitative estimate of drug-likeness (QED) is 0.844. The van der Waals surface area contributed by atoms with E-state index >= 15 is 0 Å². The Morgan fingerprint density at radius 2 is 2.38 bits per heavy atom. The van der Waals surface area contributed by atoms with Crippen molar-refractivity contribution >= 4 is 11.7 Å². The van der Waals surface area contributed by atoms with Crippen LogP contribution in [0.25, 0.3) is 0 Å². The van der Waals surface area contributed by atoms with E-state index in [9.17, 15) is 4.79 Å². The number of ether oxygens (including phenoxy) is 1. The average Bonchev–Trinajstić information content (AvgIpc) is 2.16. The van der Waals surface area contributed by atoms with Crippen molar-refractivity contribution in [2.75, 3.05) is 18.5 Å². The van der Waals surface area contributed by atoms with E-state index in [1.54, 1.807) is 6.20 Å². The molecule has 0 aromatic carbocycles. The second-order valence-electron chi connectivity index (χ2n) is 4.30. The van der Waals surface area contributed by atoms with Crippen LogP contribution in [0.4, 0.5) is 5.82 Å². The van der Waals surface area contributed by atoms with Gasteiger partial charge in [0.05, 0.1) is 18.6 Å². The van der Waals surface area contributed by atoms with Crippen LogP contribution in [0.2, 0.25) is 0 Å². The summed E-state index contributed by atoms with van der Waals surface area (Å²) in [5.41, 5.74) is 0.742. The number of hydrogen-bond acceptors (Lipinski definition) is 3. The molecule has 16 heavy (non-hydrogen) atoms. The van der Waals surface area contributed by atoms with E-state index in [4.69, 9.17) is 4.74 Å². The van der Waals surface area contributed by atoms with Gasteiger partial charge in [0.25, 0.3) is 0 Å². The van der Waals surface area contributed by atoms with Crippen LogP contribution < -0.4 is 5.32 Å². The van der Waals surface area contributed by atoms with Crippen LogP contribution in [0.5, 0.6) is 0 Å². The molecule has 0 radical (unpaired) electrons. The molecule has 4 heteroatoms. The fraction of sp³-hybridized carbons (Fsp3) is 0.500. The molecule has 86 valence electrons. The van der Waals surface area contributed by atoms with Crippen LogP contribution >= 0.6 is 0 Å². The summed E-state index contributed by atoms with van der Waals surface area (Å²) in [5.74, 6) is 0.629. The number of hydrogen-bond donors (Lipinski definition) is 1. The molecule has 1 N–H and O–H groups in total. The van der Waals surface area contributed by atoms with Gasteiger partial charge in [-0.25, -0.2) is 4.98 Å². The smallest absolute Gasteiger partial charge is 0.236 e. The van der Waals surface area contributed by atoms with Crippen molar-refractivity contribution < 1.29 is 9.53 Å². The zero-order chi connectivity index (χ0) is 11.6. The lowest BCUT2D eigenvalue weighted by Gasteiger charge is -2.38. The van der Waals surface area contributed by atoms with E-state index < -0.39 is 0 Å². The Morgan fingerprint density at radius 3 is 2.88 bits per heavy atom. The molecule has 0 unspecified atom stereocenters. The summed E-state index contributed by atoms with van der Waals surface area (Å²) in [4.78, 5) is 16.1. The summed E-state index contributed by atoms with van der Waals surface area (Å²) in [6.07, 6.45) is 2.49. The number of nitrogens with zero attached hydrogens (tertiary/aromatic N) is 1. The first-order valence-electron chi connectivity index (χ1n) is 5.48. The molecular formula is C12H16N2O2. The van der Waals surface area contributed by atoms with Gasteiger partial charge in [0.2, 0.25) is 5.91 Å².